The molecule has 0 aromatic heterocycles. The zero-order valence-corrected chi connectivity index (χ0v) is 7.66. The molecule has 0 heterocycles. The van der Waals surface area contributed by atoms with Crippen LogP contribution in [0.2, 0.25) is 0 Å². The Bertz CT molecular complexity index is 137. The van der Waals surface area contributed by atoms with E-state index in [0.717, 1.165) is 0 Å². The molecule has 0 aliphatic carbocycles. The monoisotopic (exact) mass is 176 g/mol. The molecule has 0 radical (unpaired) electrons. The molecule has 1 amide bonds. The zero-order valence-electron chi connectivity index (χ0n) is 7.66. The lowest BCUT2D eigenvalue weighted by atomic mass is 10.3. The van der Waals surface area contributed by atoms with Gasteiger partial charge in [-0.25, -0.2) is 0 Å². The van der Waals surface area contributed by atoms with Gasteiger partial charge in [0.2, 0.25) is 5.91 Å². The van der Waals surface area contributed by atoms with Gasteiger partial charge in [0.15, 0.2) is 6.29 Å². The smallest absolute Gasteiger partial charge is 0.234 e. The Morgan fingerprint density at radius 2 is 2.00 bits per heavy atom. The van der Waals surface area contributed by atoms with Gasteiger partial charge in [-0.1, -0.05) is 0 Å². The Morgan fingerprint density at radius 1 is 1.50 bits per heavy atom. The summed E-state index contributed by atoms with van der Waals surface area (Å²) in [7, 11) is 3.07. The molecule has 0 spiro atoms. The molecule has 12 heavy (non-hydrogen) atoms. The molecule has 0 aliphatic rings. The molecular weight excluding hydrogens is 160 g/mol. The van der Waals surface area contributed by atoms with Crippen molar-refractivity contribution < 1.29 is 14.3 Å². The molecule has 0 aromatic carbocycles. The summed E-state index contributed by atoms with van der Waals surface area (Å²) in [5, 5.41) is 2.86. The highest BCUT2D eigenvalue weighted by molar-refractivity contribution is 5.79. The minimum absolute atomic E-state index is 0.341. The summed E-state index contributed by atoms with van der Waals surface area (Å²) in [5.41, 5.74) is 5.02. The van der Waals surface area contributed by atoms with Gasteiger partial charge in [0, 0.05) is 20.8 Å². The fourth-order valence-corrected chi connectivity index (χ4v) is 0.636. The van der Waals surface area contributed by atoms with Crippen molar-refractivity contribution in [1.82, 2.24) is 5.32 Å². The topological polar surface area (TPSA) is 73.6 Å². The van der Waals surface area contributed by atoms with Crippen LogP contribution >= 0.6 is 0 Å². The summed E-state index contributed by atoms with van der Waals surface area (Å²) in [6.45, 7) is 2.13. The molecule has 0 bridgehead atoms. The van der Waals surface area contributed by atoms with Crippen molar-refractivity contribution in [3.8, 4) is 0 Å². The Morgan fingerprint density at radius 3 is 2.33 bits per heavy atom. The van der Waals surface area contributed by atoms with Crippen molar-refractivity contribution in [1.29, 1.82) is 0 Å². The molecule has 0 saturated heterocycles. The van der Waals surface area contributed by atoms with Gasteiger partial charge in [0.25, 0.3) is 0 Å². The third-order valence-corrected chi connectivity index (χ3v) is 1.54. The fourth-order valence-electron chi connectivity index (χ4n) is 0.636. The van der Waals surface area contributed by atoms with Crippen LogP contribution in [-0.2, 0) is 14.3 Å². The number of amides is 1. The first-order valence-electron chi connectivity index (χ1n) is 3.70. The average molecular weight is 176 g/mol. The number of methoxy groups -OCH3 is 2. The van der Waals surface area contributed by atoms with Crippen molar-refractivity contribution in [3.05, 3.63) is 0 Å². The molecule has 1 unspecified atom stereocenters. The summed E-state index contributed by atoms with van der Waals surface area (Å²) >= 11 is 0. The second-order valence-electron chi connectivity index (χ2n) is 2.43. The third kappa shape index (κ3) is 4.27. The predicted molar refractivity (Wildman–Crippen MR) is 44.5 cm³/mol. The van der Waals surface area contributed by atoms with E-state index in [1.54, 1.807) is 6.92 Å². The van der Waals surface area contributed by atoms with E-state index in [4.69, 9.17) is 15.2 Å². The molecule has 5 nitrogen and oxygen atoms in total. The Hall–Kier alpha value is -0.650. The normalized spacial score (nSPS) is 13.3. The number of carbonyl (C=O) groups is 1. The fraction of sp³-hybridized carbons (Fsp3) is 0.857. The molecule has 5 heteroatoms. The number of primary amides is 1. The van der Waals surface area contributed by atoms with Crippen molar-refractivity contribution in [3.63, 3.8) is 0 Å². The summed E-state index contributed by atoms with van der Waals surface area (Å²) in [6, 6.07) is -0.363. The maximum absolute atomic E-state index is 10.6. The van der Waals surface area contributed by atoms with Crippen LogP contribution in [0.3, 0.4) is 0 Å². The van der Waals surface area contributed by atoms with E-state index in [1.165, 1.54) is 14.2 Å². The van der Waals surface area contributed by atoms with E-state index in [2.05, 4.69) is 5.32 Å². The number of carbonyl (C=O) groups excluding carboxylic acids is 1. The van der Waals surface area contributed by atoms with E-state index >= 15 is 0 Å². The molecule has 3 N–H and O–H groups in total. The van der Waals surface area contributed by atoms with Gasteiger partial charge in [0.1, 0.15) is 0 Å². The van der Waals surface area contributed by atoms with Crippen molar-refractivity contribution >= 4 is 5.91 Å². The van der Waals surface area contributed by atoms with Crippen LogP contribution in [0.25, 0.3) is 0 Å². The molecular formula is C7H16N2O3. The van der Waals surface area contributed by atoms with Gasteiger partial charge in [0.05, 0.1) is 6.04 Å². The lowest BCUT2D eigenvalue weighted by molar-refractivity contribution is -0.121. The molecule has 0 saturated carbocycles. The summed E-state index contributed by atoms with van der Waals surface area (Å²) in [4.78, 5) is 10.6. The van der Waals surface area contributed by atoms with Crippen molar-refractivity contribution in [2.45, 2.75) is 19.3 Å². The van der Waals surface area contributed by atoms with Crippen LogP contribution in [0.5, 0.6) is 0 Å². The zero-order chi connectivity index (χ0) is 9.56. The number of nitrogens with two attached hydrogens (primary N) is 1. The SMILES string of the molecule is COC(CNC(C)C(N)=O)OC. The lowest BCUT2D eigenvalue weighted by Gasteiger charge is -2.16. The minimum Gasteiger partial charge on any atom is -0.368 e. The van der Waals surface area contributed by atoms with Gasteiger partial charge < -0.3 is 20.5 Å². The standard InChI is InChI=1S/C7H16N2O3/c1-5(7(8)10)9-4-6(11-2)12-3/h5-6,9H,4H2,1-3H3,(H2,8,10). The van der Waals surface area contributed by atoms with Crippen LogP contribution in [-0.4, -0.2) is 39.0 Å². The van der Waals surface area contributed by atoms with Crippen LogP contribution < -0.4 is 11.1 Å². The predicted octanol–water partition coefficient (Wildman–Crippen LogP) is -0.931. The summed E-state index contributed by atoms with van der Waals surface area (Å²) in [5.74, 6) is -0.388. The van der Waals surface area contributed by atoms with E-state index in [9.17, 15) is 4.79 Å². The van der Waals surface area contributed by atoms with Crippen LogP contribution in [0.1, 0.15) is 6.92 Å². The number of nitrogens with one attached hydrogen (secondary N) is 1. The highest BCUT2D eigenvalue weighted by atomic mass is 16.7. The van der Waals surface area contributed by atoms with Gasteiger partial charge >= 0.3 is 0 Å². The van der Waals surface area contributed by atoms with Crippen LogP contribution in [0.15, 0.2) is 0 Å². The summed E-state index contributed by atoms with van der Waals surface area (Å²) in [6.07, 6.45) is -0.341. The Labute approximate surface area is 72.2 Å². The average Bonchev–Trinajstić information content (AvgIpc) is 2.05. The van der Waals surface area contributed by atoms with E-state index in [-0.39, 0.29) is 18.2 Å². The number of rotatable bonds is 6. The van der Waals surface area contributed by atoms with Gasteiger partial charge in [-0.15, -0.1) is 0 Å². The van der Waals surface area contributed by atoms with Crippen molar-refractivity contribution in [2.75, 3.05) is 20.8 Å². The van der Waals surface area contributed by atoms with E-state index < -0.39 is 0 Å². The molecule has 1 atom stereocenters. The highest BCUT2D eigenvalue weighted by Crippen LogP contribution is 1.89. The van der Waals surface area contributed by atoms with Gasteiger partial charge in [-0.3, -0.25) is 4.79 Å². The quantitative estimate of drug-likeness (QED) is 0.513. The molecule has 0 aliphatic heterocycles. The second kappa shape index (κ2) is 5.93. The first-order chi connectivity index (χ1) is 5.61. The maximum atomic E-state index is 10.6. The molecule has 0 rings (SSSR count). The van der Waals surface area contributed by atoms with Crippen LogP contribution in [0.4, 0.5) is 0 Å². The minimum atomic E-state index is -0.388. The second-order valence-corrected chi connectivity index (χ2v) is 2.43. The molecule has 72 valence electrons. The lowest BCUT2D eigenvalue weighted by Crippen LogP contribution is -2.43. The van der Waals surface area contributed by atoms with Gasteiger partial charge in [-0.2, -0.15) is 0 Å². The highest BCUT2D eigenvalue weighted by Gasteiger charge is 2.10. The van der Waals surface area contributed by atoms with Crippen molar-refractivity contribution in [2.24, 2.45) is 5.73 Å². The molecule has 0 fully saturated rings. The van der Waals surface area contributed by atoms with E-state index in [1.807, 2.05) is 0 Å². The third-order valence-electron chi connectivity index (χ3n) is 1.54. The Kier molecular flexibility index (Phi) is 5.61. The summed E-state index contributed by atoms with van der Waals surface area (Å²) < 4.78 is 9.79. The largest absolute Gasteiger partial charge is 0.368 e. The maximum Gasteiger partial charge on any atom is 0.234 e. The first-order valence-corrected chi connectivity index (χ1v) is 3.70. The van der Waals surface area contributed by atoms with Crippen LogP contribution in [0, 0.1) is 0 Å². The number of hydrogen-bond donors (Lipinski definition) is 2. The van der Waals surface area contributed by atoms with E-state index in [0.29, 0.717) is 6.54 Å². The number of hydrogen-bond acceptors (Lipinski definition) is 4. The molecule has 0 aromatic rings. The first kappa shape index (κ1) is 11.4. The van der Waals surface area contributed by atoms with Gasteiger partial charge in [-0.05, 0) is 6.92 Å². The Balaban J connectivity index is 3.58. The number of ether oxygens (including phenoxy) is 2.